The van der Waals surface area contributed by atoms with Crippen LogP contribution in [0.1, 0.15) is 12.0 Å². The number of aliphatic hydroxyl groups excluding tert-OH is 1. The summed E-state index contributed by atoms with van der Waals surface area (Å²) in [6, 6.07) is 13.8. The highest BCUT2D eigenvalue weighted by Crippen LogP contribution is 2.26. The summed E-state index contributed by atoms with van der Waals surface area (Å²) in [5, 5.41) is 13.8. The maximum absolute atomic E-state index is 13.1. The predicted molar refractivity (Wildman–Crippen MR) is 122 cm³/mol. The van der Waals surface area contributed by atoms with E-state index < -0.39 is 16.1 Å². The number of nitrogens with one attached hydrogen (secondary N) is 1. The van der Waals surface area contributed by atoms with Crippen molar-refractivity contribution in [2.45, 2.75) is 30.4 Å². The summed E-state index contributed by atoms with van der Waals surface area (Å²) in [5.41, 5.74) is 2.76. The number of sulfonamides is 1. The molecule has 32 heavy (non-hydrogen) atoms. The van der Waals surface area contributed by atoms with Crippen LogP contribution in [0.2, 0.25) is 0 Å². The zero-order chi connectivity index (χ0) is 22.7. The monoisotopic (exact) mass is 454 g/mol. The van der Waals surface area contributed by atoms with Gasteiger partial charge in [-0.1, -0.05) is 18.2 Å². The van der Waals surface area contributed by atoms with Gasteiger partial charge in [-0.25, -0.2) is 18.4 Å². The largest absolute Gasteiger partial charge is 0.481 e. The minimum absolute atomic E-state index is 0.0238. The molecule has 3 aromatic rings. The first-order valence-corrected chi connectivity index (χ1v) is 11.8. The molecular formula is C23H26N4O4S. The molecule has 2 aromatic heterocycles. The predicted octanol–water partition coefficient (Wildman–Crippen LogP) is 2.70. The molecule has 0 bridgehead atoms. The number of methoxy groups -OCH3 is 1. The summed E-state index contributed by atoms with van der Waals surface area (Å²) in [6.45, 7) is 2.29. The maximum atomic E-state index is 13.1. The summed E-state index contributed by atoms with van der Waals surface area (Å²) in [6.07, 6.45) is 3.07. The van der Waals surface area contributed by atoms with Gasteiger partial charge in [0.1, 0.15) is 5.82 Å². The molecule has 168 valence electrons. The molecule has 0 radical (unpaired) electrons. The van der Waals surface area contributed by atoms with Gasteiger partial charge in [0.25, 0.3) is 0 Å². The Morgan fingerprint density at radius 1 is 1.03 bits per heavy atom. The Labute approximate surface area is 188 Å². The molecular weight excluding hydrogens is 428 g/mol. The number of piperidine rings is 1. The Kier molecular flexibility index (Phi) is 6.40. The molecule has 2 atom stereocenters. The molecule has 0 unspecified atom stereocenters. The molecule has 0 amide bonds. The quantitative estimate of drug-likeness (QED) is 0.590. The molecule has 0 spiro atoms. The van der Waals surface area contributed by atoms with E-state index in [9.17, 15) is 13.5 Å². The van der Waals surface area contributed by atoms with Gasteiger partial charge < -0.3 is 15.2 Å². The van der Waals surface area contributed by atoms with Crippen LogP contribution in [0.15, 0.2) is 65.8 Å². The van der Waals surface area contributed by atoms with E-state index in [1.54, 1.807) is 49.8 Å². The summed E-state index contributed by atoms with van der Waals surface area (Å²) < 4.78 is 32.6. The molecule has 1 aliphatic heterocycles. The average molecular weight is 455 g/mol. The third-order valence-corrected chi connectivity index (χ3v) is 7.44. The maximum Gasteiger partial charge on any atom is 0.243 e. The number of hydrogen-bond donors (Lipinski definition) is 2. The Hall–Kier alpha value is -3.01. The Morgan fingerprint density at radius 2 is 1.78 bits per heavy atom. The standard InChI is InChI=1S/C23H26N4O4S/c1-16-3-9-22(24-13-16)26-20-11-12-27(15-21(20)28)32(29,30)19-7-4-17(5-8-19)18-6-10-23(31-2)25-14-18/h3-10,13-14,20-21,28H,11-12,15H2,1-2H3,(H,24,26)/t20-,21+/m1/s1. The van der Waals surface area contributed by atoms with E-state index >= 15 is 0 Å². The average Bonchev–Trinajstić information content (AvgIpc) is 2.82. The van der Waals surface area contributed by atoms with Crippen molar-refractivity contribution in [1.29, 1.82) is 0 Å². The highest BCUT2D eigenvalue weighted by molar-refractivity contribution is 7.89. The summed E-state index contributed by atoms with van der Waals surface area (Å²) in [5.74, 6) is 1.18. The van der Waals surface area contributed by atoms with Crippen molar-refractivity contribution < 1.29 is 18.3 Å². The third-order valence-electron chi connectivity index (χ3n) is 5.56. The topological polar surface area (TPSA) is 105 Å². The number of rotatable bonds is 6. The zero-order valence-corrected chi connectivity index (χ0v) is 18.8. The van der Waals surface area contributed by atoms with Crippen molar-refractivity contribution in [3.63, 3.8) is 0 Å². The molecule has 2 N–H and O–H groups in total. The van der Waals surface area contributed by atoms with Crippen LogP contribution in [0.3, 0.4) is 0 Å². The molecule has 1 fully saturated rings. The SMILES string of the molecule is COc1ccc(-c2ccc(S(=O)(=O)N3CC[C@@H](Nc4ccc(C)cn4)[C@@H](O)C3)cc2)cn1. The first-order valence-electron chi connectivity index (χ1n) is 10.3. The van der Waals surface area contributed by atoms with Crippen molar-refractivity contribution >= 4 is 15.8 Å². The van der Waals surface area contributed by atoms with E-state index in [2.05, 4.69) is 15.3 Å². The Bertz CT molecular complexity index is 1150. The fourth-order valence-electron chi connectivity index (χ4n) is 3.67. The van der Waals surface area contributed by atoms with Crippen molar-refractivity contribution in [2.24, 2.45) is 0 Å². The Morgan fingerprint density at radius 3 is 2.38 bits per heavy atom. The number of ether oxygens (including phenoxy) is 1. The molecule has 1 saturated heterocycles. The highest BCUT2D eigenvalue weighted by Gasteiger charge is 2.34. The third kappa shape index (κ3) is 4.74. The molecule has 1 aromatic carbocycles. The number of pyridine rings is 2. The van der Waals surface area contributed by atoms with Crippen molar-refractivity contribution in [3.8, 4) is 17.0 Å². The normalized spacial score (nSPS) is 19.5. The van der Waals surface area contributed by atoms with E-state index in [4.69, 9.17) is 4.74 Å². The van der Waals surface area contributed by atoms with E-state index in [0.717, 1.165) is 16.7 Å². The number of benzene rings is 1. The van der Waals surface area contributed by atoms with Crippen LogP contribution >= 0.6 is 0 Å². The second kappa shape index (κ2) is 9.23. The van der Waals surface area contributed by atoms with E-state index in [-0.39, 0.29) is 17.5 Å². The van der Waals surface area contributed by atoms with Crippen LogP contribution in [-0.2, 0) is 10.0 Å². The lowest BCUT2D eigenvalue weighted by Gasteiger charge is -2.35. The summed E-state index contributed by atoms with van der Waals surface area (Å²) in [4.78, 5) is 8.68. The summed E-state index contributed by atoms with van der Waals surface area (Å²) >= 11 is 0. The number of aliphatic hydroxyl groups is 1. The Balaban J connectivity index is 1.43. The van der Waals surface area contributed by atoms with Gasteiger partial charge >= 0.3 is 0 Å². The molecule has 3 heterocycles. The fraction of sp³-hybridized carbons (Fsp3) is 0.304. The molecule has 0 saturated carbocycles. The van der Waals surface area contributed by atoms with Crippen LogP contribution in [0, 0.1) is 6.92 Å². The van der Waals surface area contributed by atoms with E-state index in [1.165, 1.54) is 4.31 Å². The number of nitrogens with zero attached hydrogens (tertiary/aromatic N) is 3. The first-order chi connectivity index (χ1) is 15.4. The van der Waals surface area contributed by atoms with Gasteiger partial charge in [-0.3, -0.25) is 0 Å². The second-order valence-corrected chi connectivity index (χ2v) is 9.74. The van der Waals surface area contributed by atoms with Crippen LogP contribution in [0.4, 0.5) is 5.82 Å². The number of aromatic nitrogens is 2. The minimum atomic E-state index is -3.71. The summed E-state index contributed by atoms with van der Waals surface area (Å²) in [7, 11) is -2.16. The molecule has 8 nitrogen and oxygen atoms in total. The van der Waals surface area contributed by atoms with Crippen molar-refractivity contribution in [3.05, 3.63) is 66.5 Å². The van der Waals surface area contributed by atoms with Crippen LogP contribution in [0.25, 0.3) is 11.1 Å². The van der Waals surface area contributed by atoms with Crippen molar-refractivity contribution in [1.82, 2.24) is 14.3 Å². The lowest BCUT2D eigenvalue weighted by atomic mass is 10.0. The number of β-amino-alcohol motifs (C(OH)–C–C–N with tert-alkyl or cyclic N) is 1. The lowest BCUT2D eigenvalue weighted by Crippen LogP contribution is -2.51. The van der Waals surface area contributed by atoms with Gasteiger partial charge in [-0.2, -0.15) is 4.31 Å². The van der Waals surface area contributed by atoms with Gasteiger partial charge in [0, 0.05) is 37.1 Å². The highest BCUT2D eigenvalue weighted by atomic mass is 32.2. The molecule has 9 heteroatoms. The first kappa shape index (κ1) is 22.2. The number of anilines is 1. The van der Waals surface area contributed by atoms with Crippen LogP contribution < -0.4 is 10.1 Å². The van der Waals surface area contributed by atoms with Crippen LogP contribution in [0.5, 0.6) is 5.88 Å². The molecule has 0 aliphatic carbocycles. The zero-order valence-electron chi connectivity index (χ0n) is 18.0. The van der Waals surface area contributed by atoms with Gasteiger partial charge in [0.05, 0.1) is 24.2 Å². The molecule has 1 aliphatic rings. The number of hydrogen-bond acceptors (Lipinski definition) is 7. The fourth-order valence-corrected chi connectivity index (χ4v) is 5.15. The number of aryl methyl sites for hydroxylation is 1. The van der Waals surface area contributed by atoms with E-state index in [1.807, 2.05) is 25.1 Å². The molecule has 4 rings (SSSR count). The smallest absolute Gasteiger partial charge is 0.243 e. The van der Waals surface area contributed by atoms with E-state index in [0.29, 0.717) is 24.7 Å². The minimum Gasteiger partial charge on any atom is -0.481 e. The van der Waals surface area contributed by atoms with Crippen LogP contribution in [-0.4, -0.2) is 60.1 Å². The van der Waals surface area contributed by atoms with Gasteiger partial charge in [-0.15, -0.1) is 0 Å². The van der Waals surface area contributed by atoms with Gasteiger partial charge in [-0.05, 0) is 48.7 Å². The lowest BCUT2D eigenvalue weighted by molar-refractivity contribution is 0.0949. The van der Waals surface area contributed by atoms with Gasteiger partial charge in [0.2, 0.25) is 15.9 Å². The van der Waals surface area contributed by atoms with Crippen molar-refractivity contribution in [2.75, 3.05) is 25.5 Å². The van der Waals surface area contributed by atoms with Gasteiger partial charge in [0.15, 0.2) is 0 Å². The second-order valence-electron chi connectivity index (χ2n) is 7.80.